The number of fused-ring (bicyclic) bond motifs is 3. The van der Waals surface area contributed by atoms with Gasteiger partial charge in [-0.25, -0.2) is 0 Å². The largest absolute Gasteiger partial charge is 1.00 e. The molecule has 0 atom stereocenters. The maximum atomic E-state index is 12.8. The number of rotatable bonds is 3. The van der Waals surface area contributed by atoms with Crippen molar-refractivity contribution in [2.75, 3.05) is 0 Å². The van der Waals surface area contributed by atoms with Crippen molar-refractivity contribution in [2.45, 2.75) is 6.54 Å². The minimum Gasteiger partial charge on any atom is -0.445 e. The number of nitrogens with zero attached hydrogens (tertiary/aromatic N) is 1. The summed E-state index contributed by atoms with van der Waals surface area (Å²) in [6.07, 6.45) is 0. The first-order valence-electron chi connectivity index (χ1n) is 6.32. The molecule has 2 aromatic carbocycles. The molecule has 0 amide bonds. The van der Waals surface area contributed by atoms with Gasteiger partial charge in [0, 0.05) is 28.4 Å². The normalized spacial score (nSPS) is 11.6. The van der Waals surface area contributed by atoms with E-state index in [4.69, 9.17) is 0 Å². The molecule has 0 fully saturated rings. The molecule has 0 aliphatic carbocycles. The van der Waals surface area contributed by atoms with Crippen molar-refractivity contribution < 1.29 is 64.3 Å². The minimum absolute atomic E-state index is 0. The van der Waals surface area contributed by atoms with Gasteiger partial charge < -0.3 is 17.5 Å². The number of allylic oxidation sites excluding steroid dienone is 1. The molecule has 102 valence electrons. The second-order valence-corrected chi connectivity index (χ2v) is 4.85. The van der Waals surface area contributed by atoms with Gasteiger partial charge in [-0.2, -0.15) is 0 Å². The number of hydrogen-bond acceptors (Lipinski definition) is 0. The van der Waals surface area contributed by atoms with Crippen molar-refractivity contribution in [2.24, 2.45) is 0 Å². The summed E-state index contributed by atoms with van der Waals surface area (Å²) in [5.74, 6) is 0. The first kappa shape index (κ1) is 16.8. The van der Waals surface area contributed by atoms with Crippen LogP contribution >= 0.6 is 0 Å². The molecular weight excluding hydrogens is 301 g/mol. The van der Waals surface area contributed by atoms with Gasteiger partial charge in [0.2, 0.25) is 0 Å². The van der Waals surface area contributed by atoms with Crippen LogP contribution in [-0.2, 0) is 6.54 Å². The zero-order valence-corrected chi connectivity index (χ0v) is 14.8. The van der Waals surface area contributed by atoms with Crippen LogP contribution in [0.25, 0.3) is 21.8 Å². The number of hydrogen-bond donors (Lipinski definition) is 0. The zero-order valence-electron chi connectivity index (χ0n) is 11.7. The average molecular weight is 313 g/mol. The summed E-state index contributed by atoms with van der Waals surface area (Å²) >= 11 is 0. The molecule has 0 N–H and O–H groups in total. The zero-order chi connectivity index (χ0) is 14.3. The maximum Gasteiger partial charge on any atom is 1.00 e. The van der Waals surface area contributed by atoms with E-state index in [9.17, 15) is 12.9 Å². The molecule has 0 bridgehead atoms. The second-order valence-electron chi connectivity index (χ2n) is 4.85. The van der Waals surface area contributed by atoms with Gasteiger partial charge in [0.05, 0.1) is 0 Å². The summed E-state index contributed by atoms with van der Waals surface area (Å²) in [7, 11) is 0. The molecule has 1 nitrogen and oxygen atoms in total. The van der Waals surface area contributed by atoms with Crippen LogP contribution in [0.1, 0.15) is 0 Å². The Morgan fingerprint density at radius 3 is 1.76 bits per heavy atom. The third kappa shape index (κ3) is 3.15. The van der Waals surface area contributed by atoms with Gasteiger partial charge in [0.25, 0.3) is 0 Å². The van der Waals surface area contributed by atoms with Crippen LogP contribution in [0.4, 0.5) is 12.9 Å². The van der Waals surface area contributed by atoms with E-state index in [1.54, 1.807) is 4.57 Å². The van der Waals surface area contributed by atoms with Crippen molar-refractivity contribution >= 4 is 28.8 Å². The Kier molecular flexibility index (Phi) is 5.05. The molecule has 1 aromatic heterocycles. The molecule has 3 aromatic rings. The second kappa shape index (κ2) is 6.30. The van der Waals surface area contributed by atoms with Gasteiger partial charge in [-0.1, -0.05) is 36.4 Å². The van der Waals surface area contributed by atoms with Crippen LogP contribution in [0.15, 0.2) is 60.6 Å². The fraction of sp³-hybridized carbons (Fsp3) is 0.0667. The van der Waals surface area contributed by atoms with Crippen molar-refractivity contribution in [3.63, 3.8) is 0 Å². The standard InChI is InChI=1S/C15H12BF3N.K/c1-11(16(17,18)19)10-20-14-8-4-2-6-12(14)13-7-3-5-9-15(13)20;/h2-9H,1,10H2;/q-1;+1. The van der Waals surface area contributed by atoms with Gasteiger partial charge in [0.1, 0.15) is 0 Å². The van der Waals surface area contributed by atoms with Gasteiger partial charge in [-0.3, -0.25) is 0 Å². The topological polar surface area (TPSA) is 4.93 Å². The fourth-order valence-electron chi connectivity index (χ4n) is 2.48. The Labute approximate surface area is 163 Å². The predicted molar refractivity (Wildman–Crippen MR) is 77.7 cm³/mol. The summed E-state index contributed by atoms with van der Waals surface area (Å²) in [6, 6.07) is 15.0. The van der Waals surface area contributed by atoms with E-state index in [0.29, 0.717) is 0 Å². The molecular formula is C15H12BF3KN. The van der Waals surface area contributed by atoms with Crippen molar-refractivity contribution in [1.82, 2.24) is 4.57 Å². The van der Waals surface area contributed by atoms with Crippen LogP contribution in [0.3, 0.4) is 0 Å². The molecule has 0 saturated carbocycles. The van der Waals surface area contributed by atoms with Crippen molar-refractivity contribution in [3.8, 4) is 0 Å². The van der Waals surface area contributed by atoms with E-state index < -0.39 is 12.4 Å². The van der Waals surface area contributed by atoms with Crippen molar-refractivity contribution in [1.29, 1.82) is 0 Å². The molecule has 0 saturated heterocycles. The summed E-state index contributed by atoms with van der Waals surface area (Å²) in [5, 5.41) is 1.93. The van der Waals surface area contributed by atoms with E-state index >= 15 is 0 Å². The Hall–Kier alpha value is -0.529. The SMILES string of the molecule is C=C(Cn1c2ccccc2c2ccccc21)[B-](F)(F)F.[K+]. The predicted octanol–water partition coefficient (Wildman–Crippen LogP) is 1.74. The van der Waals surface area contributed by atoms with E-state index in [1.165, 1.54) is 0 Å². The maximum absolute atomic E-state index is 12.8. The number of halogens is 3. The smallest absolute Gasteiger partial charge is 0.445 e. The first-order valence-corrected chi connectivity index (χ1v) is 6.32. The Morgan fingerprint density at radius 2 is 1.33 bits per heavy atom. The Bertz CT molecular complexity index is 754. The molecule has 0 aliphatic rings. The quantitative estimate of drug-likeness (QED) is 0.649. The van der Waals surface area contributed by atoms with Gasteiger partial charge in [-0.15, -0.1) is 12.1 Å². The fourth-order valence-corrected chi connectivity index (χ4v) is 2.48. The molecule has 0 spiro atoms. The van der Waals surface area contributed by atoms with Gasteiger partial charge >= 0.3 is 58.4 Å². The minimum atomic E-state index is -5.02. The molecule has 0 radical (unpaired) electrons. The summed E-state index contributed by atoms with van der Waals surface area (Å²) in [6.45, 7) is -2.04. The first-order chi connectivity index (χ1) is 9.48. The third-order valence-electron chi connectivity index (χ3n) is 3.50. The van der Waals surface area contributed by atoms with E-state index in [2.05, 4.69) is 6.58 Å². The number of para-hydroxylation sites is 2. The number of benzene rings is 2. The van der Waals surface area contributed by atoms with Crippen LogP contribution in [-0.4, -0.2) is 11.5 Å². The molecule has 0 aliphatic heterocycles. The van der Waals surface area contributed by atoms with Crippen LogP contribution in [0, 0.1) is 0 Å². The average Bonchev–Trinajstić information content (AvgIpc) is 2.73. The molecule has 3 rings (SSSR count). The van der Waals surface area contributed by atoms with Crippen LogP contribution < -0.4 is 51.4 Å². The molecule has 21 heavy (non-hydrogen) atoms. The molecule has 6 heteroatoms. The van der Waals surface area contributed by atoms with E-state index in [-0.39, 0.29) is 57.9 Å². The number of aromatic nitrogens is 1. The van der Waals surface area contributed by atoms with Crippen LogP contribution in [0.5, 0.6) is 0 Å². The van der Waals surface area contributed by atoms with Gasteiger partial charge in [-0.05, 0) is 12.1 Å². The van der Waals surface area contributed by atoms with Gasteiger partial charge in [0.15, 0.2) is 0 Å². The van der Waals surface area contributed by atoms with Crippen LogP contribution in [0.2, 0.25) is 0 Å². The third-order valence-corrected chi connectivity index (χ3v) is 3.50. The molecule has 0 unspecified atom stereocenters. The van der Waals surface area contributed by atoms with Crippen molar-refractivity contribution in [3.05, 3.63) is 60.6 Å². The van der Waals surface area contributed by atoms with E-state index in [0.717, 1.165) is 21.8 Å². The summed E-state index contributed by atoms with van der Waals surface area (Å²) < 4.78 is 40.1. The Morgan fingerprint density at radius 1 is 0.905 bits per heavy atom. The summed E-state index contributed by atoms with van der Waals surface area (Å²) in [5.41, 5.74) is 0.918. The summed E-state index contributed by atoms with van der Waals surface area (Å²) in [4.78, 5) is 0. The van der Waals surface area contributed by atoms with E-state index in [1.807, 2.05) is 48.5 Å². The Balaban J connectivity index is 0.00000161. The monoisotopic (exact) mass is 313 g/mol. The molecule has 1 heterocycles.